The first kappa shape index (κ1) is 14.3. The number of anilines is 1. The normalized spacial score (nSPS) is 10.6. The molecule has 0 aliphatic heterocycles. The van der Waals surface area contributed by atoms with E-state index in [1.807, 2.05) is 20.8 Å². The van der Waals surface area contributed by atoms with E-state index in [2.05, 4.69) is 15.0 Å². The Kier molecular flexibility index (Phi) is 3.89. The Labute approximate surface area is 121 Å². The molecule has 0 aliphatic carbocycles. The Morgan fingerprint density at radius 2 is 1.70 bits per heavy atom. The molecule has 7 heteroatoms. The number of nitrogens with two attached hydrogens (primary N) is 2. The average molecular weight is 289 g/mol. The van der Waals surface area contributed by atoms with Crippen molar-refractivity contribution >= 4 is 23.4 Å². The fraction of sp³-hybridized carbons (Fsp3) is 0.231. The third-order valence-electron chi connectivity index (χ3n) is 2.94. The van der Waals surface area contributed by atoms with Gasteiger partial charge in [0.1, 0.15) is 10.7 Å². The molecule has 2 aromatic heterocycles. The SMILES string of the molecule is Cc1nc(Sc2nc(C(N)=O)ccc2N)nc(C)c1C. The largest absolute Gasteiger partial charge is 0.397 e. The van der Waals surface area contributed by atoms with Gasteiger partial charge in [0.15, 0.2) is 5.16 Å². The molecule has 2 aromatic rings. The first-order valence-corrected chi connectivity index (χ1v) is 6.76. The van der Waals surface area contributed by atoms with Crippen LogP contribution in [0.4, 0.5) is 5.69 Å². The van der Waals surface area contributed by atoms with E-state index in [0.717, 1.165) is 17.0 Å². The van der Waals surface area contributed by atoms with Crippen LogP contribution in [0.5, 0.6) is 0 Å². The number of hydrogen-bond acceptors (Lipinski definition) is 6. The molecule has 104 valence electrons. The van der Waals surface area contributed by atoms with Gasteiger partial charge < -0.3 is 11.5 Å². The van der Waals surface area contributed by atoms with Crippen LogP contribution in [-0.4, -0.2) is 20.9 Å². The number of aryl methyl sites for hydroxylation is 2. The second-order valence-corrected chi connectivity index (χ2v) is 5.32. The van der Waals surface area contributed by atoms with Crippen LogP contribution in [0.3, 0.4) is 0 Å². The van der Waals surface area contributed by atoms with E-state index < -0.39 is 5.91 Å². The molecule has 0 unspecified atom stereocenters. The van der Waals surface area contributed by atoms with Crippen molar-refractivity contribution in [2.45, 2.75) is 31.0 Å². The number of aromatic nitrogens is 3. The van der Waals surface area contributed by atoms with E-state index in [0.29, 0.717) is 15.9 Å². The van der Waals surface area contributed by atoms with E-state index in [9.17, 15) is 4.79 Å². The number of primary amides is 1. The van der Waals surface area contributed by atoms with E-state index in [1.54, 1.807) is 6.07 Å². The summed E-state index contributed by atoms with van der Waals surface area (Å²) in [6.45, 7) is 5.81. The molecule has 0 atom stereocenters. The van der Waals surface area contributed by atoms with Gasteiger partial charge in [-0.2, -0.15) is 0 Å². The van der Waals surface area contributed by atoms with Crippen molar-refractivity contribution in [2.75, 3.05) is 5.73 Å². The van der Waals surface area contributed by atoms with Gasteiger partial charge in [0.05, 0.1) is 5.69 Å². The Hall–Kier alpha value is -2.15. The van der Waals surface area contributed by atoms with Crippen LogP contribution in [0.15, 0.2) is 22.3 Å². The Bertz CT molecular complexity index is 663. The molecule has 0 aromatic carbocycles. The monoisotopic (exact) mass is 289 g/mol. The summed E-state index contributed by atoms with van der Waals surface area (Å²) in [5.41, 5.74) is 14.6. The van der Waals surface area contributed by atoms with Gasteiger partial charge in [0, 0.05) is 11.4 Å². The van der Waals surface area contributed by atoms with Crippen LogP contribution >= 0.6 is 11.8 Å². The lowest BCUT2D eigenvalue weighted by atomic mass is 10.2. The number of nitrogen functional groups attached to an aromatic ring is 1. The number of pyridine rings is 1. The van der Waals surface area contributed by atoms with Crippen molar-refractivity contribution in [3.05, 3.63) is 34.8 Å². The number of nitrogens with zero attached hydrogens (tertiary/aromatic N) is 3. The molecular formula is C13H15N5OS. The maximum absolute atomic E-state index is 11.1. The molecule has 0 spiro atoms. The lowest BCUT2D eigenvalue weighted by molar-refractivity contribution is 0.0995. The van der Waals surface area contributed by atoms with Crippen molar-refractivity contribution in [3.63, 3.8) is 0 Å². The number of amides is 1. The maximum atomic E-state index is 11.1. The van der Waals surface area contributed by atoms with Crippen LogP contribution in [0.1, 0.15) is 27.4 Å². The van der Waals surface area contributed by atoms with Crippen LogP contribution in [0.25, 0.3) is 0 Å². The van der Waals surface area contributed by atoms with E-state index in [-0.39, 0.29) is 5.69 Å². The zero-order valence-electron chi connectivity index (χ0n) is 11.5. The summed E-state index contributed by atoms with van der Waals surface area (Å²) in [5.74, 6) is -0.593. The number of carbonyl (C=O) groups excluding carboxylic acids is 1. The van der Waals surface area contributed by atoms with Gasteiger partial charge in [-0.05, 0) is 50.2 Å². The number of rotatable bonds is 3. The smallest absolute Gasteiger partial charge is 0.267 e. The first-order valence-electron chi connectivity index (χ1n) is 5.94. The van der Waals surface area contributed by atoms with Gasteiger partial charge in [-0.3, -0.25) is 4.79 Å². The minimum atomic E-state index is -0.593. The highest BCUT2D eigenvalue weighted by molar-refractivity contribution is 7.99. The molecule has 20 heavy (non-hydrogen) atoms. The maximum Gasteiger partial charge on any atom is 0.267 e. The zero-order chi connectivity index (χ0) is 14.9. The standard InChI is InChI=1S/C13H15N5OS/c1-6-7(2)16-13(17-8(6)3)20-12-9(14)4-5-10(18-12)11(15)19/h4-5H,14H2,1-3H3,(H2,15,19). The van der Waals surface area contributed by atoms with Gasteiger partial charge in [-0.15, -0.1) is 0 Å². The molecule has 0 saturated heterocycles. The summed E-state index contributed by atoms with van der Waals surface area (Å²) in [5, 5.41) is 1.02. The summed E-state index contributed by atoms with van der Waals surface area (Å²) < 4.78 is 0. The number of hydrogen-bond donors (Lipinski definition) is 2. The molecule has 2 heterocycles. The molecule has 0 saturated carbocycles. The summed E-state index contributed by atoms with van der Waals surface area (Å²) in [6, 6.07) is 3.09. The average Bonchev–Trinajstić information content (AvgIpc) is 2.38. The summed E-state index contributed by atoms with van der Waals surface area (Å²) in [6.07, 6.45) is 0. The van der Waals surface area contributed by atoms with E-state index in [1.165, 1.54) is 17.8 Å². The van der Waals surface area contributed by atoms with Crippen LogP contribution < -0.4 is 11.5 Å². The van der Waals surface area contributed by atoms with Gasteiger partial charge in [0.25, 0.3) is 5.91 Å². The van der Waals surface area contributed by atoms with Gasteiger partial charge >= 0.3 is 0 Å². The number of carbonyl (C=O) groups is 1. The van der Waals surface area contributed by atoms with Crippen LogP contribution in [0.2, 0.25) is 0 Å². The van der Waals surface area contributed by atoms with E-state index >= 15 is 0 Å². The van der Waals surface area contributed by atoms with Gasteiger partial charge in [0.2, 0.25) is 0 Å². The summed E-state index contributed by atoms with van der Waals surface area (Å²) in [4.78, 5) is 24.0. The molecule has 4 N–H and O–H groups in total. The van der Waals surface area contributed by atoms with Crippen molar-refractivity contribution < 1.29 is 4.79 Å². The fourth-order valence-electron chi connectivity index (χ4n) is 1.54. The molecule has 0 fully saturated rings. The van der Waals surface area contributed by atoms with Crippen molar-refractivity contribution in [2.24, 2.45) is 5.73 Å². The minimum Gasteiger partial charge on any atom is -0.397 e. The third-order valence-corrected chi connectivity index (χ3v) is 3.83. The fourth-order valence-corrected chi connectivity index (χ4v) is 2.41. The predicted molar refractivity (Wildman–Crippen MR) is 77.5 cm³/mol. The van der Waals surface area contributed by atoms with Crippen molar-refractivity contribution in [1.82, 2.24) is 15.0 Å². The van der Waals surface area contributed by atoms with Crippen LogP contribution in [-0.2, 0) is 0 Å². The van der Waals surface area contributed by atoms with Crippen LogP contribution in [0, 0.1) is 20.8 Å². The molecule has 0 bridgehead atoms. The van der Waals surface area contributed by atoms with E-state index in [4.69, 9.17) is 11.5 Å². The Morgan fingerprint density at radius 1 is 1.10 bits per heavy atom. The third kappa shape index (κ3) is 2.88. The molecule has 0 radical (unpaired) electrons. The molecule has 2 rings (SSSR count). The molecular weight excluding hydrogens is 274 g/mol. The topological polar surface area (TPSA) is 108 Å². The first-order chi connectivity index (χ1) is 9.38. The lowest BCUT2D eigenvalue weighted by Gasteiger charge is -2.08. The zero-order valence-corrected chi connectivity index (χ0v) is 12.3. The Morgan fingerprint density at radius 3 is 2.25 bits per heavy atom. The van der Waals surface area contributed by atoms with Crippen molar-refractivity contribution in [3.8, 4) is 0 Å². The Balaban J connectivity index is 2.39. The molecule has 6 nitrogen and oxygen atoms in total. The second kappa shape index (κ2) is 5.46. The van der Waals surface area contributed by atoms with Gasteiger partial charge in [-0.1, -0.05) is 0 Å². The summed E-state index contributed by atoms with van der Waals surface area (Å²) >= 11 is 1.22. The molecule has 0 aliphatic rings. The minimum absolute atomic E-state index is 0.169. The lowest BCUT2D eigenvalue weighted by Crippen LogP contribution is -2.13. The van der Waals surface area contributed by atoms with Gasteiger partial charge in [-0.25, -0.2) is 15.0 Å². The quantitative estimate of drug-likeness (QED) is 0.831. The van der Waals surface area contributed by atoms with Crippen molar-refractivity contribution in [1.29, 1.82) is 0 Å². The highest BCUT2D eigenvalue weighted by Crippen LogP contribution is 2.29. The highest BCUT2D eigenvalue weighted by atomic mass is 32.2. The summed E-state index contributed by atoms with van der Waals surface area (Å²) in [7, 11) is 0. The second-order valence-electron chi connectivity index (χ2n) is 4.36. The highest BCUT2D eigenvalue weighted by Gasteiger charge is 2.12. The molecule has 1 amide bonds. The predicted octanol–water partition coefficient (Wildman–Crippen LogP) is 1.63.